The molecule has 6 heteroatoms. The van der Waals surface area contributed by atoms with Crippen LogP contribution >= 0.6 is 0 Å². The maximum atomic E-state index is 12.7. The number of methoxy groups -OCH3 is 1. The van der Waals surface area contributed by atoms with Crippen molar-refractivity contribution >= 4 is 5.91 Å². The molecule has 3 N–H and O–H groups in total. The molecular weight excluding hydrogens is 340 g/mol. The molecule has 3 rings (SSSR count). The van der Waals surface area contributed by atoms with Gasteiger partial charge in [-0.1, -0.05) is 48.5 Å². The molecule has 1 heterocycles. The minimum absolute atomic E-state index is 0.00248. The summed E-state index contributed by atoms with van der Waals surface area (Å²) in [6.07, 6.45) is 0.719. The van der Waals surface area contributed by atoms with Crippen LogP contribution in [0.2, 0.25) is 0 Å². The molecule has 2 aromatic rings. The van der Waals surface area contributed by atoms with Gasteiger partial charge in [0.25, 0.3) is 0 Å². The van der Waals surface area contributed by atoms with E-state index in [1.165, 1.54) is 5.56 Å². The Kier molecular flexibility index (Phi) is 6.45. The van der Waals surface area contributed by atoms with Gasteiger partial charge in [-0.25, -0.2) is 10.9 Å². The summed E-state index contributed by atoms with van der Waals surface area (Å²) in [7, 11) is 5.68. The lowest BCUT2D eigenvalue weighted by Crippen LogP contribution is -2.45. The van der Waals surface area contributed by atoms with Crippen LogP contribution in [0.1, 0.15) is 29.6 Å². The first-order valence-electron chi connectivity index (χ1n) is 9.23. The van der Waals surface area contributed by atoms with Gasteiger partial charge in [0.15, 0.2) is 0 Å². The number of nitrogens with one attached hydrogen (secondary N) is 3. The summed E-state index contributed by atoms with van der Waals surface area (Å²) >= 11 is 0. The molecule has 27 heavy (non-hydrogen) atoms. The molecule has 1 saturated heterocycles. The average Bonchev–Trinajstić information content (AvgIpc) is 3.19. The molecule has 3 atom stereocenters. The molecule has 0 bridgehead atoms. The normalized spacial score (nSPS) is 20.4. The minimum Gasteiger partial charge on any atom is -0.496 e. The van der Waals surface area contributed by atoms with Crippen LogP contribution in [-0.4, -0.2) is 44.6 Å². The Labute approximate surface area is 160 Å². The van der Waals surface area contributed by atoms with Crippen molar-refractivity contribution < 1.29 is 9.53 Å². The van der Waals surface area contributed by atoms with Crippen LogP contribution in [0.5, 0.6) is 5.75 Å². The van der Waals surface area contributed by atoms with Crippen LogP contribution in [0.4, 0.5) is 0 Å². The number of rotatable bonds is 7. The van der Waals surface area contributed by atoms with Crippen molar-refractivity contribution in [1.29, 1.82) is 0 Å². The van der Waals surface area contributed by atoms with Crippen molar-refractivity contribution in [2.24, 2.45) is 0 Å². The topological polar surface area (TPSA) is 65.6 Å². The van der Waals surface area contributed by atoms with Crippen molar-refractivity contribution in [1.82, 2.24) is 21.1 Å². The second-order valence-corrected chi connectivity index (χ2v) is 7.01. The van der Waals surface area contributed by atoms with Crippen LogP contribution in [0, 0.1) is 0 Å². The van der Waals surface area contributed by atoms with Crippen LogP contribution in [-0.2, 0) is 4.79 Å². The van der Waals surface area contributed by atoms with Gasteiger partial charge in [-0.3, -0.25) is 4.79 Å². The van der Waals surface area contributed by atoms with Crippen molar-refractivity contribution in [3.05, 3.63) is 65.7 Å². The summed E-state index contributed by atoms with van der Waals surface area (Å²) in [6, 6.07) is 18.0. The lowest BCUT2D eigenvalue weighted by molar-refractivity contribution is -0.123. The number of carbonyl (C=O) groups excluding carboxylic acids is 1. The molecule has 1 fully saturated rings. The number of hydrogen-bond donors (Lipinski definition) is 3. The Morgan fingerprint density at radius 2 is 1.85 bits per heavy atom. The third-order valence-corrected chi connectivity index (χ3v) is 5.01. The van der Waals surface area contributed by atoms with Crippen molar-refractivity contribution in [2.45, 2.75) is 24.5 Å². The first kappa shape index (κ1) is 19.4. The number of amides is 1. The Bertz CT molecular complexity index is 751. The number of carbonyl (C=O) groups is 1. The van der Waals surface area contributed by atoms with E-state index in [2.05, 4.69) is 33.2 Å². The highest BCUT2D eigenvalue weighted by molar-refractivity contribution is 5.82. The largest absolute Gasteiger partial charge is 0.496 e. The summed E-state index contributed by atoms with van der Waals surface area (Å²) < 4.78 is 5.48. The fourth-order valence-electron chi connectivity index (χ4n) is 3.46. The highest BCUT2D eigenvalue weighted by atomic mass is 16.5. The number of para-hydroxylation sites is 1. The summed E-state index contributed by atoms with van der Waals surface area (Å²) in [5.41, 5.74) is 8.58. The number of benzene rings is 2. The first-order valence-corrected chi connectivity index (χ1v) is 9.23. The third-order valence-electron chi connectivity index (χ3n) is 5.01. The first-order chi connectivity index (χ1) is 13.1. The molecule has 144 valence electrons. The monoisotopic (exact) mass is 368 g/mol. The van der Waals surface area contributed by atoms with Gasteiger partial charge in [0.2, 0.25) is 5.91 Å². The number of likely N-dealkylation sites (N-methyl/N-ethyl adjacent to an activating group) is 1. The van der Waals surface area contributed by atoms with Gasteiger partial charge >= 0.3 is 0 Å². The molecule has 1 aliphatic heterocycles. The summed E-state index contributed by atoms with van der Waals surface area (Å²) in [4.78, 5) is 14.8. The van der Waals surface area contributed by atoms with E-state index in [1.807, 2.05) is 56.6 Å². The fourth-order valence-corrected chi connectivity index (χ4v) is 3.46. The van der Waals surface area contributed by atoms with Crippen LogP contribution in [0.25, 0.3) is 0 Å². The molecule has 3 unspecified atom stereocenters. The van der Waals surface area contributed by atoms with E-state index in [9.17, 15) is 4.79 Å². The van der Waals surface area contributed by atoms with E-state index in [1.54, 1.807) is 7.11 Å². The standard InChI is InChI=1S/C21H28N4O2/c1-25(2)19(16-11-7-8-12-20(16)27-3)14-22-21(26)18-13-17(23-24-18)15-9-5-4-6-10-15/h4-12,17-19,23-24H,13-14H2,1-3H3,(H,22,26). The maximum absolute atomic E-state index is 12.7. The molecule has 0 spiro atoms. The number of hydrogen-bond acceptors (Lipinski definition) is 5. The smallest absolute Gasteiger partial charge is 0.238 e. The van der Waals surface area contributed by atoms with E-state index in [-0.39, 0.29) is 24.0 Å². The van der Waals surface area contributed by atoms with Crippen molar-refractivity contribution in [3.8, 4) is 5.75 Å². The van der Waals surface area contributed by atoms with Crippen molar-refractivity contribution in [2.75, 3.05) is 27.7 Å². The molecule has 1 aliphatic rings. The number of nitrogens with zero attached hydrogens (tertiary/aromatic N) is 1. The zero-order valence-corrected chi connectivity index (χ0v) is 16.1. The third kappa shape index (κ3) is 4.66. The fraction of sp³-hybridized carbons (Fsp3) is 0.381. The van der Waals surface area contributed by atoms with Gasteiger partial charge in [0.05, 0.1) is 13.2 Å². The minimum atomic E-state index is -0.254. The van der Waals surface area contributed by atoms with Gasteiger partial charge in [-0.2, -0.15) is 0 Å². The van der Waals surface area contributed by atoms with E-state index >= 15 is 0 Å². The van der Waals surface area contributed by atoms with Gasteiger partial charge < -0.3 is 15.0 Å². The molecular formula is C21H28N4O2. The Morgan fingerprint density at radius 3 is 2.56 bits per heavy atom. The Hall–Kier alpha value is -2.41. The highest BCUT2D eigenvalue weighted by Gasteiger charge is 2.30. The van der Waals surface area contributed by atoms with E-state index in [0.717, 1.165) is 17.7 Å². The quantitative estimate of drug-likeness (QED) is 0.698. The average molecular weight is 368 g/mol. The molecule has 0 radical (unpaired) electrons. The molecule has 2 aromatic carbocycles. The molecule has 0 aromatic heterocycles. The summed E-state index contributed by atoms with van der Waals surface area (Å²) in [5, 5.41) is 3.09. The molecule has 6 nitrogen and oxygen atoms in total. The number of hydrazine groups is 1. The van der Waals surface area contributed by atoms with Crippen LogP contribution < -0.4 is 20.9 Å². The lowest BCUT2D eigenvalue weighted by Gasteiger charge is -2.27. The van der Waals surface area contributed by atoms with E-state index in [4.69, 9.17) is 4.74 Å². The van der Waals surface area contributed by atoms with Gasteiger partial charge in [0, 0.05) is 18.2 Å². The summed E-state index contributed by atoms with van der Waals surface area (Å²) in [6.45, 7) is 0.514. The summed E-state index contributed by atoms with van der Waals surface area (Å²) in [5.74, 6) is 0.831. The second-order valence-electron chi connectivity index (χ2n) is 7.01. The Balaban J connectivity index is 1.60. The molecule has 0 saturated carbocycles. The van der Waals surface area contributed by atoms with Crippen LogP contribution in [0.15, 0.2) is 54.6 Å². The molecule has 1 amide bonds. The van der Waals surface area contributed by atoms with Gasteiger partial charge in [-0.05, 0) is 32.1 Å². The SMILES string of the molecule is COc1ccccc1C(CNC(=O)C1CC(c2ccccc2)NN1)N(C)C. The van der Waals surface area contributed by atoms with Crippen molar-refractivity contribution in [3.63, 3.8) is 0 Å². The zero-order chi connectivity index (χ0) is 19.2. The van der Waals surface area contributed by atoms with E-state index < -0.39 is 0 Å². The highest BCUT2D eigenvalue weighted by Crippen LogP contribution is 2.27. The number of ether oxygens (including phenoxy) is 1. The van der Waals surface area contributed by atoms with Gasteiger partial charge in [-0.15, -0.1) is 0 Å². The van der Waals surface area contributed by atoms with E-state index in [0.29, 0.717) is 6.54 Å². The lowest BCUT2D eigenvalue weighted by atomic mass is 10.0. The predicted octanol–water partition coefficient (Wildman–Crippen LogP) is 2.02. The Morgan fingerprint density at radius 1 is 1.15 bits per heavy atom. The zero-order valence-electron chi connectivity index (χ0n) is 16.1. The predicted molar refractivity (Wildman–Crippen MR) is 106 cm³/mol. The maximum Gasteiger partial charge on any atom is 0.238 e. The second kappa shape index (κ2) is 8.99. The van der Waals surface area contributed by atoms with Crippen LogP contribution in [0.3, 0.4) is 0 Å². The van der Waals surface area contributed by atoms with Gasteiger partial charge in [0.1, 0.15) is 11.8 Å². The molecule has 0 aliphatic carbocycles.